The molecule has 2 amide bonds. The second-order valence-electron chi connectivity index (χ2n) is 6.71. The molecule has 1 fully saturated rings. The van der Waals surface area contributed by atoms with Gasteiger partial charge in [-0.2, -0.15) is 5.10 Å². The topological polar surface area (TPSA) is 59.4 Å². The molecule has 2 heterocycles. The zero-order valence-electron chi connectivity index (χ0n) is 15.4. The van der Waals surface area contributed by atoms with Crippen LogP contribution in [0.4, 0.5) is 9.18 Å². The molecule has 2 aromatic rings. The molecule has 26 heavy (non-hydrogen) atoms. The molecule has 7 heteroatoms. The van der Waals surface area contributed by atoms with E-state index < -0.39 is 0 Å². The highest BCUT2D eigenvalue weighted by atomic mass is 19.1. The van der Waals surface area contributed by atoms with Crippen molar-refractivity contribution >= 4 is 6.03 Å². The van der Waals surface area contributed by atoms with Gasteiger partial charge in [-0.15, -0.1) is 0 Å². The van der Waals surface area contributed by atoms with Crippen molar-refractivity contribution in [2.24, 2.45) is 7.05 Å². The Bertz CT molecular complexity index is 769. The van der Waals surface area contributed by atoms with Crippen molar-refractivity contribution in [1.82, 2.24) is 20.0 Å². The third-order valence-electron chi connectivity index (χ3n) is 4.94. The van der Waals surface area contributed by atoms with Crippen molar-refractivity contribution in [3.63, 3.8) is 0 Å². The highest BCUT2D eigenvalue weighted by Crippen LogP contribution is 2.22. The first-order chi connectivity index (χ1) is 12.5. The summed E-state index contributed by atoms with van der Waals surface area (Å²) in [7, 11) is 1.88. The lowest BCUT2D eigenvalue weighted by Gasteiger charge is -2.33. The fourth-order valence-corrected chi connectivity index (χ4v) is 3.19. The number of aryl methyl sites for hydroxylation is 1. The first-order valence-electron chi connectivity index (χ1n) is 8.91. The van der Waals surface area contributed by atoms with E-state index in [9.17, 15) is 9.18 Å². The van der Waals surface area contributed by atoms with E-state index in [2.05, 4.69) is 10.4 Å². The van der Waals surface area contributed by atoms with E-state index in [0.717, 1.165) is 11.3 Å². The summed E-state index contributed by atoms with van der Waals surface area (Å²) < 4.78 is 21.2. The molecule has 1 saturated heterocycles. The summed E-state index contributed by atoms with van der Waals surface area (Å²) in [5, 5.41) is 7.25. The Hall–Kier alpha value is -2.57. The largest absolute Gasteiger partial charge is 0.487 e. The van der Waals surface area contributed by atoms with Gasteiger partial charge in [0.25, 0.3) is 0 Å². The Balaban J connectivity index is 1.50. The molecule has 140 valence electrons. The first kappa shape index (κ1) is 18.2. The number of urea groups is 1. The number of rotatable bonds is 4. The van der Waals surface area contributed by atoms with Crippen LogP contribution in [0.5, 0.6) is 5.75 Å². The highest BCUT2D eigenvalue weighted by Gasteiger charge is 2.26. The number of nitrogens with zero attached hydrogens (tertiary/aromatic N) is 3. The quantitative estimate of drug-likeness (QED) is 0.911. The van der Waals surface area contributed by atoms with Gasteiger partial charge >= 0.3 is 6.03 Å². The predicted molar refractivity (Wildman–Crippen MR) is 96.5 cm³/mol. The smallest absolute Gasteiger partial charge is 0.317 e. The van der Waals surface area contributed by atoms with Gasteiger partial charge in [-0.05, 0) is 26.0 Å². The molecule has 0 radical (unpaired) electrons. The second-order valence-corrected chi connectivity index (χ2v) is 6.71. The molecule has 0 unspecified atom stereocenters. The number of amides is 2. The first-order valence-corrected chi connectivity index (χ1v) is 8.91. The Labute approximate surface area is 152 Å². The van der Waals surface area contributed by atoms with Gasteiger partial charge in [-0.3, -0.25) is 4.68 Å². The second kappa shape index (κ2) is 7.76. The van der Waals surface area contributed by atoms with Crippen molar-refractivity contribution in [3.05, 3.63) is 47.5 Å². The van der Waals surface area contributed by atoms with E-state index in [1.54, 1.807) is 34.0 Å². The van der Waals surface area contributed by atoms with Gasteiger partial charge in [-0.1, -0.05) is 12.1 Å². The lowest BCUT2D eigenvalue weighted by molar-refractivity contribution is 0.107. The van der Waals surface area contributed by atoms with E-state index in [1.165, 1.54) is 6.07 Å². The number of halogens is 1. The van der Waals surface area contributed by atoms with Crippen molar-refractivity contribution in [3.8, 4) is 5.75 Å². The number of aromatic nitrogens is 2. The Morgan fingerprint density at radius 3 is 2.65 bits per heavy atom. The van der Waals surface area contributed by atoms with Crippen LogP contribution in [0.3, 0.4) is 0 Å². The molecule has 0 saturated carbocycles. The Morgan fingerprint density at radius 2 is 2.04 bits per heavy atom. The fourth-order valence-electron chi connectivity index (χ4n) is 3.19. The van der Waals surface area contributed by atoms with Crippen LogP contribution in [0.2, 0.25) is 0 Å². The van der Waals surface area contributed by atoms with Gasteiger partial charge in [0.2, 0.25) is 0 Å². The molecule has 1 aromatic carbocycles. The number of likely N-dealkylation sites (tertiary alicyclic amines) is 1. The maximum Gasteiger partial charge on any atom is 0.317 e. The molecule has 0 bridgehead atoms. The summed E-state index contributed by atoms with van der Waals surface area (Å²) in [5.41, 5.74) is 2.05. The normalized spacial score (nSPS) is 16.4. The minimum atomic E-state index is -0.353. The van der Waals surface area contributed by atoms with Crippen LogP contribution in [0, 0.1) is 12.7 Å². The van der Waals surface area contributed by atoms with Gasteiger partial charge in [0, 0.05) is 44.2 Å². The lowest BCUT2D eigenvalue weighted by Crippen LogP contribution is -2.47. The third-order valence-corrected chi connectivity index (χ3v) is 4.94. The van der Waals surface area contributed by atoms with E-state index >= 15 is 0 Å². The zero-order valence-corrected chi connectivity index (χ0v) is 15.4. The molecule has 1 atom stereocenters. The molecule has 0 spiro atoms. The number of hydrogen-bond acceptors (Lipinski definition) is 3. The van der Waals surface area contributed by atoms with Crippen LogP contribution in [-0.2, 0) is 7.05 Å². The number of carbonyl (C=O) groups is 1. The average Bonchev–Trinajstić information content (AvgIpc) is 2.96. The summed E-state index contributed by atoms with van der Waals surface area (Å²) in [4.78, 5) is 14.3. The van der Waals surface area contributed by atoms with Crippen LogP contribution >= 0.6 is 0 Å². The Morgan fingerprint density at radius 1 is 1.35 bits per heavy atom. The molecule has 1 N–H and O–H groups in total. The van der Waals surface area contributed by atoms with Gasteiger partial charge in [0.05, 0.1) is 12.2 Å². The summed E-state index contributed by atoms with van der Waals surface area (Å²) in [6.45, 7) is 5.11. The number of benzene rings is 1. The summed E-state index contributed by atoms with van der Waals surface area (Å²) >= 11 is 0. The summed E-state index contributed by atoms with van der Waals surface area (Å²) in [6.07, 6.45) is 3.08. The molecule has 1 aliphatic rings. The van der Waals surface area contributed by atoms with Crippen molar-refractivity contribution in [2.45, 2.75) is 38.8 Å². The number of ether oxygens (including phenoxy) is 1. The predicted octanol–water partition coefficient (Wildman–Crippen LogP) is 3.18. The molecule has 1 aromatic heterocycles. The maximum absolute atomic E-state index is 13.7. The van der Waals surface area contributed by atoms with Crippen molar-refractivity contribution in [2.75, 3.05) is 13.1 Å². The maximum atomic E-state index is 13.7. The molecule has 1 aliphatic heterocycles. The average molecular weight is 360 g/mol. The van der Waals surface area contributed by atoms with Gasteiger partial charge < -0.3 is 15.0 Å². The van der Waals surface area contributed by atoms with Crippen molar-refractivity contribution in [1.29, 1.82) is 0 Å². The van der Waals surface area contributed by atoms with Gasteiger partial charge in [0.1, 0.15) is 6.10 Å². The number of hydrogen-bond donors (Lipinski definition) is 1. The molecule has 6 nitrogen and oxygen atoms in total. The minimum Gasteiger partial charge on any atom is -0.487 e. The van der Waals surface area contributed by atoms with Crippen LogP contribution in [0.1, 0.15) is 37.1 Å². The molecular weight excluding hydrogens is 335 g/mol. The van der Waals surface area contributed by atoms with Gasteiger partial charge in [0.15, 0.2) is 11.6 Å². The number of nitrogens with one attached hydrogen (secondary N) is 1. The third kappa shape index (κ3) is 3.98. The monoisotopic (exact) mass is 360 g/mol. The van der Waals surface area contributed by atoms with Crippen LogP contribution in [-0.4, -0.2) is 39.9 Å². The van der Waals surface area contributed by atoms with E-state index in [4.69, 9.17) is 4.74 Å². The van der Waals surface area contributed by atoms with E-state index in [0.29, 0.717) is 25.9 Å². The number of para-hydroxylation sites is 1. The standard InChI is InChI=1S/C19H25FN4O2/c1-13(16-12-21-23(3)14(16)2)22-19(25)24-10-8-15(9-11-24)26-18-7-5-4-6-17(18)20/h4-7,12-13,15H,8-11H2,1-3H3,(H,22,25)/t13-/m1/s1. The molecule has 3 rings (SSSR count). The number of carbonyl (C=O) groups excluding carboxylic acids is 1. The van der Waals surface area contributed by atoms with Crippen molar-refractivity contribution < 1.29 is 13.9 Å². The highest BCUT2D eigenvalue weighted by molar-refractivity contribution is 5.74. The van der Waals surface area contributed by atoms with Gasteiger partial charge in [-0.25, -0.2) is 9.18 Å². The van der Waals surface area contributed by atoms with Crippen LogP contribution in [0.25, 0.3) is 0 Å². The van der Waals surface area contributed by atoms with Crippen LogP contribution in [0.15, 0.2) is 30.5 Å². The molecule has 0 aliphatic carbocycles. The SMILES string of the molecule is Cc1c([C@@H](C)NC(=O)N2CCC(Oc3ccccc3F)CC2)cnn1C. The zero-order chi connectivity index (χ0) is 18.7. The van der Waals surface area contributed by atoms with Crippen LogP contribution < -0.4 is 10.1 Å². The van der Waals surface area contributed by atoms with E-state index in [-0.39, 0.29) is 29.7 Å². The summed E-state index contributed by atoms with van der Waals surface area (Å²) in [5.74, 6) is -0.0792. The lowest BCUT2D eigenvalue weighted by atomic mass is 10.1. The number of piperidine rings is 1. The molecular formula is C19H25FN4O2. The van der Waals surface area contributed by atoms with E-state index in [1.807, 2.05) is 20.9 Å². The minimum absolute atomic E-state index is 0.0751. The fraction of sp³-hybridized carbons (Fsp3) is 0.474. The summed E-state index contributed by atoms with van der Waals surface area (Å²) in [6, 6.07) is 6.21. The Kier molecular flexibility index (Phi) is 5.44.